The average molecular weight is 688 g/mol. The normalized spacial score (nSPS) is 11.9. The molecule has 0 aliphatic heterocycles. The summed E-state index contributed by atoms with van der Waals surface area (Å²) in [6.07, 6.45) is 0. The fourth-order valence-corrected chi connectivity index (χ4v) is 9.49. The molecular weight excluding hydrogens is 663 g/mol. The van der Waals surface area contributed by atoms with Gasteiger partial charge in [-0.3, -0.25) is 0 Å². The van der Waals surface area contributed by atoms with Gasteiger partial charge in [0, 0.05) is 73.4 Å². The summed E-state index contributed by atoms with van der Waals surface area (Å²) in [5, 5.41) is 7.19. The number of hydrogen-bond acceptors (Lipinski definition) is 6. The van der Waals surface area contributed by atoms with E-state index < -0.39 is 0 Å². The van der Waals surface area contributed by atoms with Gasteiger partial charge >= 0.3 is 0 Å². The molecule has 0 saturated carbocycles. The quantitative estimate of drug-likeness (QED) is 0.185. The van der Waals surface area contributed by atoms with Gasteiger partial charge in [0.05, 0.1) is 0 Å². The molecule has 0 saturated heterocycles. The molecule has 11 rings (SSSR count). The van der Waals surface area contributed by atoms with E-state index >= 15 is 0 Å². The summed E-state index contributed by atoms with van der Waals surface area (Å²) in [6.45, 7) is 0. The van der Waals surface area contributed by atoms with Crippen molar-refractivity contribution in [3.8, 4) is 45.3 Å². The van der Waals surface area contributed by atoms with Gasteiger partial charge in [-0.15, -0.1) is 22.7 Å². The van der Waals surface area contributed by atoms with Crippen LogP contribution in [0.4, 0.5) is 0 Å². The van der Waals surface area contributed by atoms with Crippen LogP contribution in [-0.2, 0) is 0 Å². The molecule has 4 aromatic heterocycles. The SMILES string of the molecule is c1ccc(-c2nc(-c3ccc4c(c3)sc3ccc(-c5cccc6c5oc5ccccc56)cc34)nc(-c3ccc4sc5ccccc5c4c3)n2)cc1. The van der Waals surface area contributed by atoms with E-state index in [1.807, 2.05) is 41.7 Å². The number of para-hydroxylation sites is 2. The van der Waals surface area contributed by atoms with Crippen molar-refractivity contribution < 1.29 is 4.42 Å². The molecule has 0 atom stereocenters. The van der Waals surface area contributed by atoms with Crippen LogP contribution >= 0.6 is 22.7 Å². The Morgan fingerprint density at radius 2 is 0.922 bits per heavy atom. The first-order chi connectivity index (χ1) is 25.2. The molecular formula is C45H25N3OS2. The minimum atomic E-state index is 0.658. The smallest absolute Gasteiger partial charge is 0.164 e. The lowest BCUT2D eigenvalue weighted by Gasteiger charge is -2.09. The highest BCUT2D eigenvalue weighted by Gasteiger charge is 2.17. The van der Waals surface area contributed by atoms with Crippen LogP contribution in [0.1, 0.15) is 0 Å². The van der Waals surface area contributed by atoms with E-state index in [0.29, 0.717) is 17.5 Å². The topological polar surface area (TPSA) is 51.8 Å². The van der Waals surface area contributed by atoms with Crippen LogP contribution in [0.15, 0.2) is 156 Å². The number of rotatable bonds is 4. The Hall–Kier alpha value is -6.21. The maximum atomic E-state index is 6.39. The average Bonchev–Trinajstić information content (AvgIpc) is 3.88. The highest BCUT2D eigenvalue weighted by Crippen LogP contribution is 2.41. The van der Waals surface area contributed by atoms with Gasteiger partial charge in [-0.1, -0.05) is 103 Å². The third-order valence-corrected chi connectivity index (χ3v) is 12.0. The monoisotopic (exact) mass is 687 g/mol. The molecule has 0 unspecified atom stereocenters. The van der Waals surface area contributed by atoms with Crippen molar-refractivity contribution in [1.29, 1.82) is 0 Å². The molecule has 4 heterocycles. The van der Waals surface area contributed by atoms with Gasteiger partial charge < -0.3 is 4.42 Å². The Morgan fingerprint density at radius 3 is 1.75 bits per heavy atom. The lowest BCUT2D eigenvalue weighted by Crippen LogP contribution is -2.00. The molecule has 0 N–H and O–H groups in total. The number of hydrogen-bond donors (Lipinski definition) is 0. The molecule has 0 amide bonds. The zero-order valence-corrected chi connectivity index (χ0v) is 28.6. The summed E-state index contributed by atoms with van der Waals surface area (Å²) in [4.78, 5) is 15.2. The number of thiophene rings is 2. The molecule has 51 heavy (non-hydrogen) atoms. The van der Waals surface area contributed by atoms with Gasteiger partial charge in [-0.05, 0) is 54.1 Å². The van der Waals surface area contributed by atoms with E-state index in [4.69, 9.17) is 19.4 Å². The van der Waals surface area contributed by atoms with Gasteiger partial charge in [0.1, 0.15) is 11.2 Å². The van der Waals surface area contributed by atoms with Crippen LogP contribution in [0.2, 0.25) is 0 Å². The number of nitrogens with zero attached hydrogens (tertiary/aromatic N) is 3. The van der Waals surface area contributed by atoms with Gasteiger partial charge in [-0.25, -0.2) is 15.0 Å². The molecule has 0 spiro atoms. The zero-order chi connectivity index (χ0) is 33.5. The maximum Gasteiger partial charge on any atom is 0.164 e. The second-order valence-corrected chi connectivity index (χ2v) is 15.0. The van der Waals surface area contributed by atoms with Crippen LogP contribution in [0.3, 0.4) is 0 Å². The van der Waals surface area contributed by atoms with E-state index in [-0.39, 0.29) is 0 Å². The Bertz CT molecular complexity index is 3160. The minimum absolute atomic E-state index is 0.658. The second kappa shape index (κ2) is 11.2. The molecule has 0 aliphatic rings. The fourth-order valence-electron chi connectivity index (χ4n) is 7.27. The summed E-state index contributed by atoms with van der Waals surface area (Å²) < 4.78 is 11.3. The number of fused-ring (bicyclic) bond motifs is 9. The molecule has 6 heteroatoms. The van der Waals surface area contributed by atoms with Crippen LogP contribution in [0.25, 0.3) is 108 Å². The van der Waals surface area contributed by atoms with Crippen molar-refractivity contribution in [2.24, 2.45) is 0 Å². The number of benzene rings is 7. The molecule has 7 aromatic carbocycles. The Labute approximate surface area is 299 Å². The van der Waals surface area contributed by atoms with Crippen molar-refractivity contribution >= 4 is 85.0 Å². The van der Waals surface area contributed by atoms with E-state index in [2.05, 4.69) is 121 Å². The van der Waals surface area contributed by atoms with Gasteiger partial charge in [0.2, 0.25) is 0 Å². The first kappa shape index (κ1) is 28.6. The van der Waals surface area contributed by atoms with E-state index in [1.54, 1.807) is 11.3 Å². The maximum absolute atomic E-state index is 6.39. The molecule has 0 fully saturated rings. The summed E-state index contributed by atoms with van der Waals surface area (Å²) in [6, 6.07) is 53.2. The largest absolute Gasteiger partial charge is 0.455 e. The minimum Gasteiger partial charge on any atom is -0.455 e. The molecule has 0 aliphatic carbocycles. The fraction of sp³-hybridized carbons (Fsp3) is 0. The standard InChI is InChI=1S/C45H25N3OS2/c1-2-9-26(10-3-1)43-46-44(28-19-22-39-36(24-28)32-12-5-7-16-38(32)50-39)48-45(47-43)29-17-20-33-35-23-27(18-21-40(35)51-41(33)25-29)30-13-8-14-34-31-11-4-6-15-37(31)49-42(30)34/h1-25H. The second-order valence-electron chi connectivity index (χ2n) is 12.8. The van der Waals surface area contributed by atoms with Crippen LogP contribution in [-0.4, -0.2) is 15.0 Å². The third kappa shape index (κ3) is 4.61. The highest BCUT2D eigenvalue weighted by atomic mass is 32.1. The first-order valence-corrected chi connectivity index (χ1v) is 18.5. The van der Waals surface area contributed by atoms with Crippen molar-refractivity contribution in [2.75, 3.05) is 0 Å². The van der Waals surface area contributed by atoms with Crippen molar-refractivity contribution in [1.82, 2.24) is 15.0 Å². The van der Waals surface area contributed by atoms with Crippen molar-refractivity contribution in [3.05, 3.63) is 152 Å². The predicted octanol–water partition coefficient (Wildman–Crippen LogP) is 13.2. The highest BCUT2D eigenvalue weighted by molar-refractivity contribution is 7.26. The third-order valence-electron chi connectivity index (χ3n) is 9.75. The number of furan rings is 1. The zero-order valence-electron chi connectivity index (χ0n) is 27.0. The lowest BCUT2D eigenvalue weighted by atomic mass is 10.00. The molecule has 238 valence electrons. The van der Waals surface area contributed by atoms with Crippen molar-refractivity contribution in [2.45, 2.75) is 0 Å². The summed E-state index contributed by atoms with van der Waals surface area (Å²) in [7, 11) is 0. The summed E-state index contributed by atoms with van der Waals surface area (Å²) in [5.41, 5.74) is 6.96. The Morgan fingerprint density at radius 1 is 0.353 bits per heavy atom. The van der Waals surface area contributed by atoms with Crippen molar-refractivity contribution in [3.63, 3.8) is 0 Å². The molecule has 11 aromatic rings. The van der Waals surface area contributed by atoms with Crippen LogP contribution in [0, 0.1) is 0 Å². The molecule has 4 nitrogen and oxygen atoms in total. The molecule has 0 bridgehead atoms. The lowest BCUT2D eigenvalue weighted by molar-refractivity contribution is 0.670. The van der Waals surface area contributed by atoms with Crippen LogP contribution < -0.4 is 0 Å². The predicted molar refractivity (Wildman–Crippen MR) is 215 cm³/mol. The van der Waals surface area contributed by atoms with E-state index in [1.165, 1.54) is 40.3 Å². The van der Waals surface area contributed by atoms with Gasteiger partial charge in [0.25, 0.3) is 0 Å². The van der Waals surface area contributed by atoms with Crippen LogP contribution in [0.5, 0.6) is 0 Å². The number of aromatic nitrogens is 3. The first-order valence-electron chi connectivity index (χ1n) is 16.8. The van der Waals surface area contributed by atoms with E-state index in [9.17, 15) is 0 Å². The van der Waals surface area contributed by atoms with Gasteiger partial charge in [-0.2, -0.15) is 0 Å². The van der Waals surface area contributed by atoms with E-state index in [0.717, 1.165) is 49.8 Å². The molecule has 0 radical (unpaired) electrons. The Balaban J connectivity index is 1.05. The van der Waals surface area contributed by atoms with Gasteiger partial charge in [0.15, 0.2) is 17.5 Å². The Kier molecular flexibility index (Phi) is 6.26. The summed E-state index contributed by atoms with van der Waals surface area (Å²) >= 11 is 3.61. The summed E-state index contributed by atoms with van der Waals surface area (Å²) in [5.74, 6) is 1.98.